The lowest BCUT2D eigenvalue weighted by molar-refractivity contribution is -0.119. The molecular formula is C30H37NO. The fourth-order valence-corrected chi connectivity index (χ4v) is 5.21. The van der Waals surface area contributed by atoms with Crippen molar-refractivity contribution in [3.63, 3.8) is 0 Å². The summed E-state index contributed by atoms with van der Waals surface area (Å²) < 4.78 is 0. The summed E-state index contributed by atoms with van der Waals surface area (Å²) in [7, 11) is 0. The van der Waals surface area contributed by atoms with Gasteiger partial charge in [-0.1, -0.05) is 113 Å². The zero-order valence-corrected chi connectivity index (χ0v) is 19.5. The molecule has 1 amide bonds. The number of benzene rings is 2. The van der Waals surface area contributed by atoms with Gasteiger partial charge in [0, 0.05) is 17.5 Å². The first-order valence-corrected chi connectivity index (χ1v) is 12.8. The number of para-hydroxylation sites is 1. The number of rotatable bonds is 3. The quantitative estimate of drug-likeness (QED) is 0.461. The minimum atomic E-state index is 0.238. The van der Waals surface area contributed by atoms with E-state index in [0.717, 1.165) is 28.8 Å². The molecule has 0 bridgehead atoms. The van der Waals surface area contributed by atoms with Crippen molar-refractivity contribution in [1.29, 1.82) is 0 Å². The van der Waals surface area contributed by atoms with E-state index in [9.17, 15) is 4.79 Å². The van der Waals surface area contributed by atoms with Gasteiger partial charge in [0.25, 0.3) is 0 Å². The standard InChI is InChI=1S/C30H37NO/c32-30(23-20-25-14-8-6-4-2-1-3-5-7-9-15-25)31-24-28-18-11-10-16-26(28)21-22-27-17-12-13-19-29(27)31/h10-13,16-19,25H,1-9,14-15,20,23-24H2. The first kappa shape index (κ1) is 22.7. The van der Waals surface area contributed by atoms with Gasteiger partial charge in [-0.25, -0.2) is 0 Å². The van der Waals surface area contributed by atoms with Crippen molar-refractivity contribution >= 4 is 11.6 Å². The summed E-state index contributed by atoms with van der Waals surface area (Å²) in [4.78, 5) is 15.5. The van der Waals surface area contributed by atoms with Gasteiger partial charge in [-0.3, -0.25) is 4.79 Å². The molecule has 1 fully saturated rings. The van der Waals surface area contributed by atoms with Gasteiger partial charge in [0.05, 0.1) is 12.2 Å². The Hall–Kier alpha value is -2.53. The van der Waals surface area contributed by atoms with Crippen molar-refractivity contribution in [2.75, 3.05) is 4.90 Å². The lowest BCUT2D eigenvalue weighted by Crippen LogP contribution is -2.32. The molecule has 0 unspecified atom stereocenters. The Kier molecular flexibility index (Phi) is 8.43. The van der Waals surface area contributed by atoms with Crippen LogP contribution in [-0.2, 0) is 11.3 Å². The highest BCUT2D eigenvalue weighted by Crippen LogP contribution is 2.29. The molecule has 32 heavy (non-hydrogen) atoms. The summed E-state index contributed by atoms with van der Waals surface area (Å²) in [5.74, 6) is 7.55. The zero-order chi connectivity index (χ0) is 22.0. The highest BCUT2D eigenvalue weighted by molar-refractivity contribution is 5.95. The third kappa shape index (κ3) is 6.26. The largest absolute Gasteiger partial charge is 0.307 e. The van der Waals surface area contributed by atoms with Crippen LogP contribution in [0.5, 0.6) is 0 Å². The molecule has 0 aromatic heterocycles. The molecule has 0 radical (unpaired) electrons. The van der Waals surface area contributed by atoms with Gasteiger partial charge in [-0.2, -0.15) is 0 Å². The Balaban J connectivity index is 1.45. The first-order chi connectivity index (χ1) is 15.8. The highest BCUT2D eigenvalue weighted by Gasteiger charge is 2.22. The Labute approximate surface area is 194 Å². The molecule has 2 aromatic carbocycles. The Morgan fingerprint density at radius 2 is 1.31 bits per heavy atom. The van der Waals surface area contributed by atoms with E-state index in [2.05, 4.69) is 24.0 Å². The summed E-state index contributed by atoms with van der Waals surface area (Å²) in [5, 5.41) is 0. The SMILES string of the molecule is O=C(CCC1CCCCCCCCCCC1)N1Cc2ccccc2C#Cc2ccccc21. The van der Waals surface area contributed by atoms with E-state index in [1.807, 2.05) is 41.3 Å². The Morgan fingerprint density at radius 3 is 2.03 bits per heavy atom. The second kappa shape index (κ2) is 11.9. The van der Waals surface area contributed by atoms with Gasteiger partial charge in [0.15, 0.2) is 0 Å². The minimum absolute atomic E-state index is 0.238. The first-order valence-electron chi connectivity index (χ1n) is 12.8. The molecule has 168 valence electrons. The normalized spacial score (nSPS) is 17.9. The second-order valence-corrected chi connectivity index (χ2v) is 9.57. The van der Waals surface area contributed by atoms with Gasteiger partial charge >= 0.3 is 0 Å². The van der Waals surface area contributed by atoms with Crippen molar-refractivity contribution < 1.29 is 4.79 Å². The molecule has 1 heterocycles. The number of hydrogen-bond acceptors (Lipinski definition) is 1. The molecule has 1 saturated carbocycles. The topological polar surface area (TPSA) is 20.3 Å². The monoisotopic (exact) mass is 427 g/mol. The Bertz CT molecular complexity index is 939. The van der Waals surface area contributed by atoms with Crippen LogP contribution in [0.2, 0.25) is 0 Å². The maximum Gasteiger partial charge on any atom is 0.227 e. The van der Waals surface area contributed by atoms with Crippen LogP contribution in [-0.4, -0.2) is 5.91 Å². The number of amides is 1. The maximum absolute atomic E-state index is 13.5. The highest BCUT2D eigenvalue weighted by atomic mass is 16.2. The van der Waals surface area contributed by atoms with Crippen LogP contribution in [0.4, 0.5) is 5.69 Å². The van der Waals surface area contributed by atoms with E-state index < -0.39 is 0 Å². The van der Waals surface area contributed by atoms with Gasteiger partial charge < -0.3 is 4.90 Å². The van der Waals surface area contributed by atoms with Crippen LogP contribution in [0.1, 0.15) is 100 Å². The number of carbonyl (C=O) groups is 1. The molecule has 2 nitrogen and oxygen atoms in total. The van der Waals surface area contributed by atoms with Crippen LogP contribution < -0.4 is 4.90 Å². The average molecular weight is 428 g/mol. The number of fused-ring (bicyclic) bond motifs is 2. The summed E-state index contributed by atoms with van der Waals surface area (Å²) in [6.45, 7) is 0.603. The number of hydrogen-bond donors (Lipinski definition) is 0. The van der Waals surface area contributed by atoms with E-state index in [1.165, 1.54) is 70.6 Å². The van der Waals surface area contributed by atoms with E-state index >= 15 is 0 Å². The fourth-order valence-electron chi connectivity index (χ4n) is 5.21. The number of carbonyl (C=O) groups excluding carboxylic acids is 1. The number of anilines is 1. The van der Waals surface area contributed by atoms with E-state index in [4.69, 9.17) is 0 Å². The van der Waals surface area contributed by atoms with Crippen molar-refractivity contribution in [3.8, 4) is 11.8 Å². The van der Waals surface area contributed by atoms with Gasteiger partial charge in [-0.15, -0.1) is 0 Å². The molecular weight excluding hydrogens is 390 g/mol. The summed E-state index contributed by atoms with van der Waals surface area (Å²) in [6.07, 6.45) is 16.6. The molecule has 1 aliphatic heterocycles. The molecule has 1 aliphatic carbocycles. The van der Waals surface area contributed by atoms with Crippen LogP contribution >= 0.6 is 0 Å². The molecule has 2 aliphatic rings. The Morgan fingerprint density at radius 1 is 0.750 bits per heavy atom. The van der Waals surface area contributed by atoms with Gasteiger partial charge in [-0.05, 0) is 36.1 Å². The van der Waals surface area contributed by atoms with Crippen LogP contribution in [0, 0.1) is 17.8 Å². The third-order valence-electron chi connectivity index (χ3n) is 7.16. The summed E-state index contributed by atoms with van der Waals surface area (Å²) in [6, 6.07) is 16.3. The van der Waals surface area contributed by atoms with Crippen molar-refractivity contribution in [2.24, 2.45) is 5.92 Å². The summed E-state index contributed by atoms with van der Waals surface area (Å²) >= 11 is 0. The molecule has 4 rings (SSSR count). The van der Waals surface area contributed by atoms with Crippen molar-refractivity contribution in [2.45, 2.75) is 90.0 Å². The predicted octanol–water partition coefficient (Wildman–Crippen LogP) is 7.63. The zero-order valence-electron chi connectivity index (χ0n) is 19.5. The van der Waals surface area contributed by atoms with Gasteiger partial charge in [0.1, 0.15) is 0 Å². The van der Waals surface area contributed by atoms with Gasteiger partial charge in [0.2, 0.25) is 5.91 Å². The fraction of sp³-hybridized carbons (Fsp3) is 0.500. The molecule has 0 saturated heterocycles. The predicted molar refractivity (Wildman–Crippen MR) is 134 cm³/mol. The van der Waals surface area contributed by atoms with Crippen LogP contribution in [0.25, 0.3) is 0 Å². The minimum Gasteiger partial charge on any atom is -0.307 e. The van der Waals surface area contributed by atoms with Crippen molar-refractivity contribution in [1.82, 2.24) is 0 Å². The molecule has 2 heteroatoms. The molecule has 0 spiro atoms. The van der Waals surface area contributed by atoms with E-state index in [0.29, 0.717) is 18.9 Å². The van der Waals surface area contributed by atoms with E-state index in [-0.39, 0.29) is 5.91 Å². The van der Waals surface area contributed by atoms with Crippen molar-refractivity contribution in [3.05, 3.63) is 65.2 Å². The molecule has 0 atom stereocenters. The molecule has 0 N–H and O–H groups in total. The van der Waals surface area contributed by atoms with Crippen LogP contribution in [0.3, 0.4) is 0 Å². The van der Waals surface area contributed by atoms with E-state index in [1.54, 1.807) is 0 Å². The lowest BCUT2D eigenvalue weighted by Gasteiger charge is -2.27. The average Bonchev–Trinajstić information content (AvgIpc) is 2.80. The smallest absolute Gasteiger partial charge is 0.227 e. The van der Waals surface area contributed by atoms with Crippen LogP contribution in [0.15, 0.2) is 48.5 Å². The third-order valence-corrected chi connectivity index (χ3v) is 7.16. The lowest BCUT2D eigenvalue weighted by atomic mass is 9.89. The summed E-state index contributed by atoms with van der Waals surface area (Å²) in [5.41, 5.74) is 4.06. The number of nitrogens with zero attached hydrogens (tertiary/aromatic N) is 1. The second-order valence-electron chi connectivity index (χ2n) is 9.57. The molecule has 2 aromatic rings. The maximum atomic E-state index is 13.5.